The van der Waals surface area contributed by atoms with Crippen molar-refractivity contribution in [3.05, 3.63) is 71.6 Å². The van der Waals surface area contributed by atoms with Crippen molar-refractivity contribution in [2.45, 2.75) is 32.7 Å². The monoisotopic (exact) mass is 376 g/mol. The molecule has 0 unspecified atom stereocenters. The highest BCUT2D eigenvalue weighted by Gasteiger charge is 2.14. The number of ether oxygens (including phenoxy) is 1. The van der Waals surface area contributed by atoms with Crippen LogP contribution in [0, 0.1) is 0 Å². The number of aromatic nitrogens is 2. The third-order valence-electron chi connectivity index (χ3n) is 4.70. The molecule has 0 amide bonds. The van der Waals surface area contributed by atoms with Crippen molar-refractivity contribution in [2.75, 3.05) is 6.61 Å². The largest absolute Gasteiger partial charge is 0.492 e. The van der Waals surface area contributed by atoms with Gasteiger partial charge in [-0.3, -0.25) is 0 Å². The molecule has 0 saturated heterocycles. The summed E-state index contributed by atoms with van der Waals surface area (Å²) >= 11 is 1.71. The Morgan fingerprint density at radius 2 is 1.74 bits per heavy atom. The number of benzene rings is 2. The molecule has 0 spiro atoms. The summed E-state index contributed by atoms with van der Waals surface area (Å²) in [5.74, 6) is 1.92. The van der Waals surface area contributed by atoms with Gasteiger partial charge in [0.05, 0.1) is 22.5 Å². The van der Waals surface area contributed by atoms with Crippen LogP contribution in [0.5, 0.6) is 5.75 Å². The first-order valence-electron chi connectivity index (χ1n) is 9.25. The molecule has 2 aromatic carbocycles. The van der Waals surface area contributed by atoms with Crippen LogP contribution in [0.4, 0.5) is 0 Å². The van der Waals surface area contributed by atoms with E-state index in [1.165, 1.54) is 10.4 Å². The Morgan fingerprint density at radius 1 is 0.963 bits per heavy atom. The van der Waals surface area contributed by atoms with Gasteiger partial charge < -0.3 is 9.30 Å². The third kappa shape index (κ3) is 3.76. The predicted molar refractivity (Wildman–Crippen MR) is 114 cm³/mol. The van der Waals surface area contributed by atoms with Crippen LogP contribution in [0.3, 0.4) is 0 Å². The standard InChI is InChI=1S/C23H24N2OS/c1-23(2,3)17-10-12-18(13-11-17)26-15-14-25-20-8-5-4-7-19(20)24-22(25)21-9-6-16-27-21/h4-13,16H,14-15H2,1-3H3. The third-order valence-corrected chi connectivity index (χ3v) is 5.57. The molecule has 0 bridgehead atoms. The van der Waals surface area contributed by atoms with Gasteiger partial charge in [0.1, 0.15) is 12.4 Å². The van der Waals surface area contributed by atoms with E-state index in [1.54, 1.807) is 11.3 Å². The number of para-hydroxylation sites is 2. The van der Waals surface area contributed by atoms with Gasteiger partial charge in [0, 0.05) is 0 Å². The highest BCUT2D eigenvalue weighted by molar-refractivity contribution is 7.13. The Hall–Kier alpha value is -2.59. The molecule has 138 valence electrons. The van der Waals surface area contributed by atoms with E-state index in [2.05, 4.69) is 85.3 Å². The molecule has 27 heavy (non-hydrogen) atoms. The molecule has 4 aromatic rings. The molecule has 3 nitrogen and oxygen atoms in total. The number of imidazole rings is 1. The second-order valence-electron chi connectivity index (χ2n) is 7.68. The minimum atomic E-state index is 0.157. The van der Waals surface area contributed by atoms with Crippen LogP contribution in [0.25, 0.3) is 21.7 Å². The summed E-state index contributed by atoms with van der Waals surface area (Å²) in [5, 5.41) is 2.09. The van der Waals surface area contributed by atoms with E-state index in [0.717, 1.165) is 29.2 Å². The molecule has 0 aliphatic carbocycles. The van der Waals surface area contributed by atoms with Crippen LogP contribution < -0.4 is 4.74 Å². The first kappa shape index (κ1) is 17.8. The van der Waals surface area contributed by atoms with Crippen LogP contribution in [0.1, 0.15) is 26.3 Å². The Balaban J connectivity index is 1.53. The highest BCUT2D eigenvalue weighted by atomic mass is 32.1. The quantitative estimate of drug-likeness (QED) is 0.418. The van der Waals surface area contributed by atoms with Crippen molar-refractivity contribution in [3.8, 4) is 16.5 Å². The van der Waals surface area contributed by atoms with Gasteiger partial charge >= 0.3 is 0 Å². The van der Waals surface area contributed by atoms with Crippen molar-refractivity contribution in [2.24, 2.45) is 0 Å². The van der Waals surface area contributed by atoms with Gasteiger partial charge in [0.25, 0.3) is 0 Å². The second kappa shape index (κ2) is 7.20. The van der Waals surface area contributed by atoms with E-state index in [1.807, 2.05) is 6.07 Å². The van der Waals surface area contributed by atoms with Crippen LogP contribution >= 0.6 is 11.3 Å². The smallest absolute Gasteiger partial charge is 0.151 e. The number of fused-ring (bicyclic) bond motifs is 1. The normalized spacial score (nSPS) is 11.8. The van der Waals surface area contributed by atoms with E-state index >= 15 is 0 Å². The average molecular weight is 377 g/mol. The maximum Gasteiger partial charge on any atom is 0.151 e. The fraction of sp³-hybridized carbons (Fsp3) is 0.261. The number of rotatable bonds is 5. The van der Waals surface area contributed by atoms with E-state index in [0.29, 0.717) is 6.61 Å². The van der Waals surface area contributed by atoms with Gasteiger partial charge in [0.2, 0.25) is 0 Å². The van der Waals surface area contributed by atoms with Crippen molar-refractivity contribution in [1.82, 2.24) is 9.55 Å². The summed E-state index contributed by atoms with van der Waals surface area (Å²) < 4.78 is 8.28. The minimum Gasteiger partial charge on any atom is -0.492 e. The van der Waals surface area contributed by atoms with Gasteiger partial charge in [-0.1, -0.05) is 51.1 Å². The molecular weight excluding hydrogens is 352 g/mol. The van der Waals surface area contributed by atoms with Crippen LogP contribution in [0.2, 0.25) is 0 Å². The van der Waals surface area contributed by atoms with Crippen LogP contribution in [-0.4, -0.2) is 16.2 Å². The molecule has 2 heterocycles. The van der Waals surface area contributed by atoms with Crippen molar-refractivity contribution >= 4 is 22.4 Å². The van der Waals surface area contributed by atoms with Crippen molar-refractivity contribution < 1.29 is 4.74 Å². The summed E-state index contributed by atoms with van der Waals surface area (Å²) in [6.07, 6.45) is 0. The molecule has 2 aromatic heterocycles. The first-order chi connectivity index (χ1) is 13.0. The minimum absolute atomic E-state index is 0.157. The zero-order chi connectivity index (χ0) is 18.9. The molecule has 0 radical (unpaired) electrons. The Kier molecular flexibility index (Phi) is 4.75. The maximum absolute atomic E-state index is 6.02. The van der Waals surface area contributed by atoms with Gasteiger partial charge in [-0.05, 0) is 46.7 Å². The molecule has 0 atom stereocenters. The maximum atomic E-state index is 6.02. The summed E-state index contributed by atoms with van der Waals surface area (Å²) in [5.41, 5.74) is 3.64. The number of nitrogens with zero attached hydrogens (tertiary/aromatic N) is 2. The molecule has 0 saturated carbocycles. The fourth-order valence-electron chi connectivity index (χ4n) is 3.20. The van der Waals surface area contributed by atoms with Crippen molar-refractivity contribution in [3.63, 3.8) is 0 Å². The lowest BCUT2D eigenvalue weighted by molar-refractivity contribution is 0.300. The van der Waals surface area contributed by atoms with Gasteiger partial charge in [-0.2, -0.15) is 0 Å². The van der Waals surface area contributed by atoms with E-state index in [-0.39, 0.29) is 5.41 Å². The molecule has 0 N–H and O–H groups in total. The Bertz CT molecular complexity index is 1020. The fourth-order valence-corrected chi connectivity index (χ4v) is 3.92. The van der Waals surface area contributed by atoms with Crippen LogP contribution in [0.15, 0.2) is 66.0 Å². The highest BCUT2D eigenvalue weighted by Crippen LogP contribution is 2.28. The number of thiophene rings is 1. The van der Waals surface area contributed by atoms with E-state index in [9.17, 15) is 0 Å². The lowest BCUT2D eigenvalue weighted by Gasteiger charge is -2.19. The molecule has 0 aliphatic rings. The zero-order valence-electron chi connectivity index (χ0n) is 16.0. The van der Waals surface area contributed by atoms with Gasteiger partial charge in [-0.25, -0.2) is 4.98 Å². The average Bonchev–Trinajstić information content (AvgIpc) is 3.29. The lowest BCUT2D eigenvalue weighted by atomic mass is 9.87. The van der Waals surface area contributed by atoms with Gasteiger partial charge in [0.15, 0.2) is 5.82 Å². The molecule has 0 fully saturated rings. The predicted octanol–water partition coefficient (Wildman–Crippen LogP) is 6.14. The van der Waals surface area contributed by atoms with E-state index < -0.39 is 0 Å². The van der Waals surface area contributed by atoms with Gasteiger partial charge in [-0.15, -0.1) is 11.3 Å². The Labute approximate surface area is 164 Å². The SMILES string of the molecule is CC(C)(C)c1ccc(OCCn2c(-c3cccs3)nc3ccccc32)cc1. The summed E-state index contributed by atoms with van der Waals surface area (Å²) in [6.45, 7) is 8.03. The molecule has 4 rings (SSSR count). The van der Waals surface area contributed by atoms with Crippen LogP contribution in [-0.2, 0) is 12.0 Å². The Morgan fingerprint density at radius 3 is 2.44 bits per heavy atom. The second-order valence-corrected chi connectivity index (χ2v) is 8.62. The summed E-state index contributed by atoms with van der Waals surface area (Å²) in [4.78, 5) is 6.02. The number of hydrogen-bond donors (Lipinski definition) is 0. The summed E-state index contributed by atoms with van der Waals surface area (Å²) in [7, 11) is 0. The molecular formula is C23H24N2OS. The zero-order valence-corrected chi connectivity index (χ0v) is 16.8. The number of hydrogen-bond acceptors (Lipinski definition) is 3. The summed E-state index contributed by atoms with van der Waals surface area (Å²) in [6, 6.07) is 20.9. The molecule has 4 heteroatoms. The molecule has 0 aliphatic heterocycles. The van der Waals surface area contributed by atoms with E-state index in [4.69, 9.17) is 9.72 Å². The van der Waals surface area contributed by atoms with Crippen molar-refractivity contribution in [1.29, 1.82) is 0 Å². The lowest BCUT2D eigenvalue weighted by Crippen LogP contribution is -2.11. The first-order valence-corrected chi connectivity index (χ1v) is 10.1. The topological polar surface area (TPSA) is 27.1 Å².